The number of nitrogens with one attached hydrogen (secondary N) is 1. The molecular weight excluding hydrogens is 359 g/mol. The molecule has 0 spiro atoms. The van der Waals surface area contributed by atoms with Gasteiger partial charge in [-0.1, -0.05) is 11.6 Å². The molecule has 25 heavy (non-hydrogen) atoms. The van der Waals surface area contributed by atoms with Crippen LogP contribution in [0.15, 0.2) is 24.3 Å². The monoisotopic (exact) mass is 384 g/mol. The van der Waals surface area contributed by atoms with Gasteiger partial charge in [0.05, 0.1) is 0 Å². The SMILES string of the molecule is Cl.O=C(c1ccc(Cl)cc1)C1CCN(C(=O)CCC2CCNC2)CC1. The van der Waals surface area contributed by atoms with Gasteiger partial charge in [-0.2, -0.15) is 0 Å². The second-order valence-corrected chi connectivity index (χ2v) is 7.36. The minimum atomic E-state index is 0. The van der Waals surface area contributed by atoms with Crippen molar-refractivity contribution in [1.82, 2.24) is 10.2 Å². The fraction of sp³-hybridized carbons (Fsp3) is 0.579. The summed E-state index contributed by atoms with van der Waals surface area (Å²) in [6.07, 6.45) is 4.33. The Hall–Kier alpha value is -1.10. The fourth-order valence-electron chi connectivity index (χ4n) is 3.69. The molecule has 1 aromatic rings. The predicted molar refractivity (Wildman–Crippen MR) is 103 cm³/mol. The number of halogens is 2. The van der Waals surface area contributed by atoms with Crippen LogP contribution in [0.25, 0.3) is 0 Å². The molecule has 2 aliphatic heterocycles. The minimum Gasteiger partial charge on any atom is -0.343 e. The summed E-state index contributed by atoms with van der Waals surface area (Å²) in [5, 5.41) is 3.99. The number of hydrogen-bond acceptors (Lipinski definition) is 3. The van der Waals surface area contributed by atoms with Crippen LogP contribution < -0.4 is 5.32 Å². The predicted octanol–water partition coefficient (Wildman–Crippen LogP) is 3.57. The third-order valence-corrected chi connectivity index (χ3v) is 5.53. The molecule has 0 saturated carbocycles. The van der Waals surface area contributed by atoms with Crippen LogP contribution in [0, 0.1) is 11.8 Å². The average Bonchev–Trinajstić information content (AvgIpc) is 3.13. The van der Waals surface area contributed by atoms with Crippen LogP contribution in [0.4, 0.5) is 0 Å². The van der Waals surface area contributed by atoms with Gasteiger partial charge in [0.2, 0.25) is 5.91 Å². The van der Waals surface area contributed by atoms with Crippen molar-refractivity contribution in [1.29, 1.82) is 0 Å². The Morgan fingerprint density at radius 1 is 1.12 bits per heavy atom. The molecular formula is C19H26Cl2N2O2. The van der Waals surface area contributed by atoms with Crippen LogP contribution in [-0.4, -0.2) is 42.8 Å². The number of rotatable bonds is 5. The largest absolute Gasteiger partial charge is 0.343 e. The van der Waals surface area contributed by atoms with E-state index in [1.54, 1.807) is 24.3 Å². The summed E-state index contributed by atoms with van der Waals surface area (Å²) < 4.78 is 0. The van der Waals surface area contributed by atoms with Crippen LogP contribution in [0.5, 0.6) is 0 Å². The van der Waals surface area contributed by atoms with Crippen molar-refractivity contribution in [3.05, 3.63) is 34.9 Å². The first-order chi connectivity index (χ1) is 11.6. The highest BCUT2D eigenvalue weighted by molar-refractivity contribution is 6.30. The maximum atomic E-state index is 12.5. The highest BCUT2D eigenvalue weighted by Crippen LogP contribution is 2.24. The van der Waals surface area contributed by atoms with Crippen LogP contribution in [-0.2, 0) is 4.79 Å². The van der Waals surface area contributed by atoms with Crippen LogP contribution >= 0.6 is 24.0 Å². The van der Waals surface area contributed by atoms with E-state index >= 15 is 0 Å². The van der Waals surface area contributed by atoms with Crippen LogP contribution in [0.1, 0.15) is 42.5 Å². The topological polar surface area (TPSA) is 49.4 Å². The van der Waals surface area contributed by atoms with Gasteiger partial charge in [0.15, 0.2) is 5.78 Å². The smallest absolute Gasteiger partial charge is 0.222 e. The quantitative estimate of drug-likeness (QED) is 0.789. The number of ketones is 1. The van der Waals surface area contributed by atoms with Gasteiger partial charge < -0.3 is 10.2 Å². The highest BCUT2D eigenvalue weighted by Gasteiger charge is 2.28. The zero-order valence-corrected chi connectivity index (χ0v) is 16.0. The van der Waals surface area contributed by atoms with E-state index in [4.69, 9.17) is 11.6 Å². The summed E-state index contributed by atoms with van der Waals surface area (Å²) in [5.74, 6) is 1.10. The first-order valence-electron chi connectivity index (χ1n) is 8.92. The van der Waals surface area contributed by atoms with E-state index in [0.717, 1.165) is 37.9 Å². The number of carbonyl (C=O) groups is 2. The van der Waals surface area contributed by atoms with Gasteiger partial charge in [0.25, 0.3) is 0 Å². The number of likely N-dealkylation sites (tertiary alicyclic amines) is 1. The van der Waals surface area contributed by atoms with Gasteiger partial charge in [-0.15, -0.1) is 12.4 Å². The highest BCUT2D eigenvalue weighted by atomic mass is 35.5. The molecule has 1 amide bonds. The molecule has 4 nitrogen and oxygen atoms in total. The molecule has 138 valence electrons. The van der Waals surface area contributed by atoms with E-state index in [1.165, 1.54) is 6.42 Å². The Morgan fingerprint density at radius 2 is 1.80 bits per heavy atom. The van der Waals surface area contributed by atoms with E-state index in [9.17, 15) is 9.59 Å². The molecule has 1 aromatic carbocycles. The number of nitrogens with zero attached hydrogens (tertiary/aromatic N) is 1. The summed E-state index contributed by atoms with van der Waals surface area (Å²) in [4.78, 5) is 26.8. The van der Waals surface area contributed by atoms with Crippen LogP contribution in [0.2, 0.25) is 5.02 Å². The molecule has 3 rings (SSSR count). The number of Topliss-reactive ketones (excluding diaryl/α,β-unsaturated/α-hetero) is 1. The molecule has 2 fully saturated rings. The van der Waals surface area contributed by atoms with E-state index < -0.39 is 0 Å². The van der Waals surface area contributed by atoms with Gasteiger partial charge in [0.1, 0.15) is 0 Å². The number of hydrogen-bond donors (Lipinski definition) is 1. The molecule has 1 N–H and O–H groups in total. The van der Waals surface area contributed by atoms with Crippen molar-refractivity contribution in [3.8, 4) is 0 Å². The van der Waals surface area contributed by atoms with E-state index in [1.807, 2.05) is 4.90 Å². The summed E-state index contributed by atoms with van der Waals surface area (Å²) in [6.45, 7) is 3.53. The average molecular weight is 385 g/mol. The van der Waals surface area contributed by atoms with Crippen LogP contribution in [0.3, 0.4) is 0 Å². The summed E-state index contributed by atoms with van der Waals surface area (Å²) in [6, 6.07) is 7.09. The van der Waals surface area contributed by atoms with Gasteiger partial charge in [-0.05, 0) is 69.0 Å². The van der Waals surface area contributed by atoms with Gasteiger partial charge in [-0.3, -0.25) is 9.59 Å². The maximum absolute atomic E-state index is 12.5. The first-order valence-corrected chi connectivity index (χ1v) is 9.29. The zero-order chi connectivity index (χ0) is 16.9. The Morgan fingerprint density at radius 3 is 2.40 bits per heavy atom. The third kappa shape index (κ3) is 5.44. The van der Waals surface area contributed by atoms with E-state index in [2.05, 4.69) is 5.32 Å². The van der Waals surface area contributed by atoms with E-state index in [0.29, 0.717) is 30.5 Å². The van der Waals surface area contributed by atoms with E-state index in [-0.39, 0.29) is 30.0 Å². The molecule has 1 unspecified atom stereocenters. The third-order valence-electron chi connectivity index (χ3n) is 5.28. The second kappa shape index (κ2) is 9.56. The van der Waals surface area contributed by atoms with Crippen molar-refractivity contribution in [2.75, 3.05) is 26.2 Å². The number of piperidine rings is 1. The van der Waals surface area contributed by atoms with Crippen molar-refractivity contribution in [3.63, 3.8) is 0 Å². The molecule has 0 radical (unpaired) electrons. The number of amides is 1. The van der Waals surface area contributed by atoms with Crippen molar-refractivity contribution >= 4 is 35.7 Å². The lowest BCUT2D eigenvalue weighted by atomic mass is 9.88. The molecule has 2 heterocycles. The lowest BCUT2D eigenvalue weighted by molar-refractivity contribution is -0.132. The van der Waals surface area contributed by atoms with Gasteiger partial charge in [-0.25, -0.2) is 0 Å². The van der Waals surface area contributed by atoms with Gasteiger partial charge >= 0.3 is 0 Å². The Balaban J connectivity index is 0.00000225. The number of benzene rings is 1. The lowest BCUT2D eigenvalue weighted by Crippen LogP contribution is -2.40. The van der Waals surface area contributed by atoms with Crippen molar-refractivity contribution in [2.45, 2.75) is 32.1 Å². The molecule has 0 aliphatic carbocycles. The van der Waals surface area contributed by atoms with Crippen molar-refractivity contribution in [2.24, 2.45) is 11.8 Å². The fourth-order valence-corrected chi connectivity index (χ4v) is 3.81. The Bertz CT molecular complexity index is 578. The second-order valence-electron chi connectivity index (χ2n) is 6.92. The molecule has 0 aromatic heterocycles. The maximum Gasteiger partial charge on any atom is 0.222 e. The molecule has 2 aliphatic rings. The zero-order valence-electron chi connectivity index (χ0n) is 14.4. The molecule has 6 heteroatoms. The Labute approximate surface area is 160 Å². The normalized spacial score (nSPS) is 21.0. The summed E-state index contributed by atoms with van der Waals surface area (Å²) >= 11 is 5.87. The summed E-state index contributed by atoms with van der Waals surface area (Å²) in [7, 11) is 0. The molecule has 2 saturated heterocycles. The molecule has 1 atom stereocenters. The standard InChI is InChI=1S/C19H25ClN2O2.ClH/c20-17-4-2-15(3-5-17)19(24)16-8-11-22(12-9-16)18(23)6-1-14-7-10-21-13-14;/h2-5,14,16,21H,1,6-13H2;1H. The first kappa shape index (κ1) is 20.2. The Kier molecular flexibility index (Phi) is 7.73. The van der Waals surface area contributed by atoms with Crippen molar-refractivity contribution < 1.29 is 9.59 Å². The van der Waals surface area contributed by atoms with Gasteiger partial charge in [0, 0.05) is 36.0 Å². The minimum absolute atomic E-state index is 0. The summed E-state index contributed by atoms with van der Waals surface area (Å²) in [5.41, 5.74) is 0.720. The number of carbonyl (C=O) groups excluding carboxylic acids is 2. The molecule has 0 bridgehead atoms. The lowest BCUT2D eigenvalue weighted by Gasteiger charge is -2.31.